The van der Waals surface area contributed by atoms with Crippen molar-refractivity contribution in [1.82, 2.24) is 10.2 Å². The summed E-state index contributed by atoms with van der Waals surface area (Å²) in [7, 11) is 1.63. The second-order valence-corrected chi connectivity index (χ2v) is 6.39. The van der Waals surface area contributed by atoms with Crippen molar-refractivity contribution in [3.63, 3.8) is 0 Å². The van der Waals surface area contributed by atoms with Gasteiger partial charge in [0.2, 0.25) is 5.91 Å². The summed E-state index contributed by atoms with van der Waals surface area (Å²) < 4.78 is 5.29. The number of carbonyl (C=O) groups excluding carboxylic acids is 2. The van der Waals surface area contributed by atoms with E-state index in [2.05, 4.69) is 5.32 Å². The maximum Gasteiger partial charge on any atom is 0.253 e. The van der Waals surface area contributed by atoms with Crippen molar-refractivity contribution in [1.29, 1.82) is 0 Å². The summed E-state index contributed by atoms with van der Waals surface area (Å²) in [4.78, 5) is 25.3. The monoisotopic (exact) mass is 334 g/mol. The van der Waals surface area contributed by atoms with E-state index >= 15 is 0 Å². The number of rotatable bonds is 5. The zero-order valence-electron chi connectivity index (χ0n) is 14.6. The summed E-state index contributed by atoms with van der Waals surface area (Å²) in [6.07, 6.45) is 1.65. The predicted molar refractivity (Wildman–Crippen MR) is 90.9 cm³/mol. The van der Waals surface area contributed by atoms with E-state index in [-0.39, 0.29) is 12.5 Å². The first-order chi connectivity index (χ1) is 11.4. The number of β-amino-alcohol motifs (C(OH)–C–C–N with tert-alkyl or cyclic N) is 1. The van der Waals surface area contributed by atoms with Gasteiger partial charge in [0.1, 0.15) is 5.75 Å². The van der Waals surface area contributed by atoms with Crippen LogP contribution in [0.15, 0.2) is 18.2 Å². The molecule has 0 aromatic heterocycles. The molecule has 0 saturated carbocycles. The Kier molecular flexibility index (Phi) is 5.83. The molecule has 0 spiro atoms. The molecule has 0 aliphatic carbocycles. The molecule has 1 atom stereocenters. The average molecular weight is 334 g/mol. The molecule has 1 saturated heterocycles. The van der Waals surface area contributed by atoms with Gasteiger partial charge in [-0.25, -0.2) is 0 Å². The topological polar surface area (TPSA) is 78.9 Å². The quantitative estimate of drug-likeness (QED) is 0.843. The van der Waals surface area contributed by atoms with Gasteiger partial charge in [0.05, 0.1) is 13.7 Å². The number of hydrogen-bond donors (Lipinski definition) is 2. The van der Waals surface area contributed by atoms with Gasteiger partial charge in [-0.15, -0.1) is 0 Å². The average Bonchev–Trinajstić information content (AvgIpc) is 2.56. The van der Waals surface area contributed by atoms with E-state index in [1.165, 1.54) is 11.8 Å². The van der Waals surface area contributed by atoms with Crippen LogP contribution in [0.3, 0.4) is 0 Å². The smallest absolute Gasteiger partial charge is 0.253 e. The molecule has 1 aromatic carbocycles. The first kappa shape index (κ1) is 18.3. The van der Waals surface area contributed by atoms with Gasteiger partial charge in [-0.3, -0.25) is 9.59 Å². The van der Waals surface area contributed by atoms with E-state index in [9.17, 15) is 14.7 Å². The number of ether oxygens (including phenoxy) is 1. The fourth-order valence-corrected chi connectivity index (χ4v) is 3.00. The summed E-state index contributed by atoms with van der Waals surface area (Å²) in [5, 5.41) is 13.3. The van der Waals surface area contributed by atoms with Crippen LogP contribution in [-0.2, 0) is 16.0 Å². The molecule has 1 aromatic rings. The van der Waals surface area contributed by atoms with Gasteiger partial charge in [0, 0.05) is 20.0 Å². The number of hydrogen-bond acceptors (Lipinski definition) is 4. The number of amides is 2. The highest BCUT2D eigenvalue weighted by Gasteiger charge is 2.40. The van der Waals surface area contributed by atoms with Gasteiger partial charge in [0.15, 0.2) is 5.60 Å². The molecular weight excluding hydrogens is 308 g/mol. The van der Waals surface area contributed by atoms with Crippen LogP contribution >= 0.6 is 0 Å². The third-order valence-corrected chi connectivity index (χ3v) is 4.51. The Hall–Kier alpha value is -2.08. The minimum Gasteiger partial charge on any atom is -0.496 e. The van der Waals surface area contributed by atoms with Gasteiger partial charge in [-0.1, -0.05) is 12.1 Å². The van der Waals surface area contributed by atoms with Gasteiger partial charge in [-0.2, -0.15) is 0 Å². The molecule has 6 nitrogen and oxygen atoms in total. The molecule has 1 heterocycles. The number of benzene rings is 1. The molecule has 132 valence electrons. The number of nitrogens with one attached hydrogen (secondary N) is 1. The molecule has 1 aliphatic heterocycles. The lowest BCUT2D eigenvalue weighted by Crippen LogP contribution is -2.58. The Morgan fingerprint density at radius 1 is 1.42 bits per heavy atom. The lowest BCUT2D eigenvalue weighted by atomic mass is 9.91. The minimum absolute atomic E-state index is 0.0620. The SMILES string of the molecule is COc1cc(CCNC(=O)[C@]2(O)CCCN(C(C)=O)C2)ccc1C. The van der Waals surface area contributed by atoms with Gasteiger partial charge >= 0.3 is 0 Å². The first-order valence-corrected chi connectivity index (χ1v) is 8.25. The van der Waals surface area contributed by atoms with Crippen LogP contribution in [0.5, 0.6) is 5.75 Å². The Morgan fingerprint density at radius 2 is 2.17 bits per heavy atom. The molecule has 24 heavy (non-hydrogen) atoms. The molecule has 1 fully saturated rings. The number of nitrogens with zero attached hydrogens (tertiary/aromatic N) is 1. The van der Waals surface area contributed by atoms with E-state index in [0.29, 0.717) is 32.4 Å². The molecular formula is C18H26N2O4. The lowest BCUT2D eigenvalue weighted by Gasteiger charge is -2.37. The number of methoxy groups -OCH3 is 1. The maximum absolute atomic E-state index is 12.3. The first-order valence-electron chi connectivity index (χ1n) is 8.25. The number of aliphatic hydroxyl groups is 1. The Bertz CT molecular complexity index is 617. The standard InChI is InChI=1S/C18H26N2O4/c1-13-5-6-15(11-16(13)24-3)7-9-19-17(22)18(23)8-4-10-20(12-18)14(2)21/h5-6,11,23H,4,7-10,12H2,1-3H3,(H,19,22)/t18-/m0/s1. The maximum atomic E-state index is 12.3. The van der Waals surface area contributed by atoms with E-state index in [1.807, 2.05) is 25.1 Å². The van der Waals surface area contributed by atoms with Crippen molar-refractivity contribution in [3.8, 4) is 5.75 Å². The molecule has 0 bridgehead atoms. The van der Waals surface area contributed by atoms with E-state index in [0.717, 1.165) is 16.9 Å². The summed E-state index contributed by atoms with van der Waals surface area (Å²) in [5.41, 5.74) is 0.624. The number of piperidine rings is 1. The fourth-order valence-electron chi connectivity index (χ4n) is 3.00. The largest absolute Gasteiger partial charge is 0.496 e. The van der Waals surface area contributed by atoms with Gasteiger partial charge < -0.3 is 20.1 Å². The van der Waals surface area contributed by atoms with Crippen molar-refractivity contribution < 1.29 is 19.4 Å². The number of likely N-dealkylation sites (tertiary alicyclic amines) is 1. The van der Waals surface area contributed by atoms with E-state index in [1.54, 1.807) is 7.11 Å². The highest BCUT2D eigenvalue weighted by atomic mass is 16.5. The third-order valence-electron chi connectivity index (χ3n) is 4.51. The van der Waals surface area contributed by atoms with Crippen LogP contribution in [0.1, 0.15) is 30.9 Å². The normalized spacial score (nSPS) is 20.6. The third kappa shape index (κ3) is 4.26. The predicted octanol–water partition coefficient (Wildman–Crippen LogP) is 1.04. The minimum atomic E-state index is -1.49. The highest BCUT2D eigenvalue weighted by Crippen LogP contribution is 2.22. The number of carbonyl (C=O) groups is 2. The zero-order valence-corrected chi connectivity index (χ0v) is 14.6. The zero-order chi connectivity index (χ0) is 17.7. The molecule has 0 radical (unpaired) electrons. The Balaban J connectivity index is 1.89. The van der Waals surface area contributed by atoms with Crippen LogP contribution in [0.25, 0.3) is 0 Å². The molecule has 2 rings (SSSR count). The Labute approximate surface area is 142 Å². The Morgan fingerprint density at radius 3 is 2.83 bits per heavy atom. The molecule has 2 amide bonds. The van der Waals surface area contributed by atoms with Crippen LogP contribution in [-0.4, -0.2) is 54.2 Å². The summed E-state index contributed by atoms with van der Waals surface area (Å²) in [6, 6.07) is 5.93. The molecule has 2 N–H and O–H groups in total. The van der Waals surface area contributed by atoms with Crippen molar-refractivity contribution in [2.24, 2.45) is 0 Å². The summed E-state index contributed by atoms with van der Waals surface area (Å²) >= 11 is 0. The second kappa shape index (κ2) is 7.66. The molecule has 6 heteroatoms. The molecule has 1 aliphatic rings. The highest BCUT2D eigenvalue weighted by molar-refractivity contribution is 5.86. The van der Waals surface area contributed by atoms with Crippen molar-refractivity contribution >= 4 is 11.8 Å². The van der Waals surface area contributed by atoms with Crippen molar-refractivity contribution in [3.05, 3.63) is 29.3 Å². The summed E-state index contributed by atoms with van der Waals surface area (Å²) in [5.74, 6) is 0.294. The van der Waals surface area contributed by atoms with Gasteiger partial charge in [-0.05, 0) is 43.4 Å². The van der Waals surface area contributed by atoms with Crippen LogP contribution < -0.4 is 10.1 Å². The van der Waals surface area contributed by atoms with Gasteiger partial charge in [0.25, 0.3) is 5.91 Å². The second-order valence-electron chi connectivity index (χ2n) is 6.39. The summed E-state index contributed by atoms with van der Waals surface area (Å²) in [6.45, 7) is 4.51. The van der Waals surface area contributed by atoms with E-state index < -0.39 is 11.5 Å². The lowest BCUT2D eigenvalue weighted by molar-refractivity contribution is -0.150. The van der Waals surface area contributed by atoms with Crippen LogP contribution in [0.4, 0.5) is 0 Å². The van der Waals surface area contributed by atoms with E-state index in [4.69, 9.17) is 4.74 Å². The van der Waals surface area contributed by atoms with Crippen molar-refractivity contribution in [2.75, 3.05) is 26.7 Å². The fraction of sp³-hybridized carbons (Fsp3) is 0.556. The van der Waals surface area contributed by atoms with Crippen LogP contribution in [0, 0.1) is 6.92 Å². The molecule has 0 unspecified atom stereocenters. The van der Waals surface area contributed by atoms with Crippen molar-refractivity contribution in [2.45, 2.75) is 38.7 Å². The van der Waals surface area contributed by atoms with Crippen LogP contribution in [0.2, 0.25) is 0 Å². The number of aryl methyl sites for hydroxylation is 1.